The lowest BCUT2D eigenvalue weighted by Gasteiger charge is -2.32. The van der Waals surface area contributed by atoms with Gasteiger partial charge in [-0.05, 0) is 71.7 Å². The molecule has 0 radical (unpaired) electrons. The molecule has 8 heteroatoms. The Kier molecular flexibility index (Phi) is 4.89. The molecule has 1 aromatic rings. The lowest BCUT2D eigenvalue weighted by molar-refractivity contribution is 0.00578. The van der Waals surface area contributed by atoms with Crippen molar-refractivity contribution in [3.8, 4) is 0 Å². The van der Waals surface area contributed by atoms with Gasteiger partial charge in [0, 0.05) is 0 Å². The fourth-order valence-corrected chi connectivity index (χ4v) is 3.07. The van der Waals surface area contributed by atoms with Gasteiger partial charge in [-0.15, -0.1) is 0 Å². The van der Waals surface area contributed by atoms with Crippen LogP contribution >= 0.6 is 31.9 Å². The van der Waals surface area contributed by atoms with Crippen LogP contribution in [0, 0.1) is 11.6 Å². The van der Waals surface area contributed by atoms with E-state index in [0.717, 1.165) is 6.08 Å². The van der Waals surface area contributed by atoms with E-state index in [1.807, 2.05) is 0 Å². The van der Waals surface area contributed by atoms with E-state index in [4.69, 9.17) is 9.31 Å². The smallest absolute Gasteiger partial charge is 0.398 e. The van der Waals surface area contributed by atoms with Gasteiger partial charge in [-0.1, -0.05) is 0 Å². The summed E-state index contributed by atoms with van der Waals surface area (Å²) in [6, 6.07) is 1.22. The molecule has 0 amide bonds. The molecule has 1 heterocycles. The van der Waals surface area contributed by atoms with Crippen molar-refractivity contribution >= 4 is 45.1 Å². The quantitative estimate of drug-likeness (QED) is 0.450. The van der Waals surface area contributed by atoms with Gasteiger partial charge < -0.3 is 9.31 Å². The zero-order chi connectivity index (χ0) is 16.9. The summed E-state index contributed by atoms with van der Waals surface area (Å²) < 4.78 is 53.4. The van der Waals surface area contributed by atoms with Gasteiger partial charge in [0.25, 0.3) is 0 Å². The van der Waals surface area contributed by atoms with E-state index < -0.39 is 41.2 Å². The molecule has 0 atom stereocenters. The van der Waals surface area contributed by atoms with Crippen molar-refractivity contribution in [2.45, 2.75) is 38.9 Å². The molecular formula is C14H14BBr2F3O2. The summed E-state index contributed by atoms with van der Waals surface area (Å²) >= 11 is 5.91. The minimum Gasteiger partial charge on any atom is -0.398 e. The first-order valence-electron chi connectivity index (χ1n) is 6.52. The molecule has 1 aromatic carbocycles. The maximum Gasteiger partial charge on any atom is 0.525 e. The van der Waals surface area contributed by atoms with Crippen LogP contribution in [0.3, 0.4) is 0 Å². The van der Waals surface area contributed by atoms with Crippen LogP contribution in [0.1, 0.15) is 33.3 Å². The monoisotopic (exact) mass is 440 g/mol. The van der Waals surface area contributed by atoms with Gasteiger partial charge in [-0.25, -0.2) is 13.2 Å². The van der Waals surface area contributed by atoms with Crippen LogP contribution in [0.15, 0.2) is 20.7 Å². The van der Waals surface area contributed by atoms with Crippen LogP contribution in [0.5, 0.6) is 0 Å². The highest BCUT2D eigenvalue weighted by atomic mass is 79.9. The van der Waals surface area contributed by atoms with Crippen LogP contribution in [0.2, 0.25) is 0 Å². The van der Waals surface area contributed by atoms with Crippen molar-refractivity contribution in [3.05, 3.63) is 37.9 Å². The van der Waals surface area contributed by atoms with Gasteiger partial charge in [-0.3, -0.25) is 0 Å². The van der Waals surface area contributed by atoms with Crippen molar-refractivity contribution in [1.82, 2.24) is 0 Å². The van der Waals surface area contributed by atoms with Gasteiger partial charge in [0.2, 0.25) is 0 Å². The second kappa shape index (κ2) is 5.96. The van der Waals surface area contributed by atoms with Crippen LogP contribution < -0.4 is 0 Å². The molecule has 1 aliphatic rings. The first kappa shape index (κ1) is 18.0. The highest BCUT2D eigenvalue weighted by Crippen LogP contribution is 2.39. The molecular weight excluding hydrogens is 428 g/mol. The zero-order valence-electron chi connectivity index (χ0n) is 12.4. The molecule has 1 saturated heterocycles. The third-order valence-corrected chi connectivity index (χ3v) is 5.06. The molecule has 2 rings (SSSR count). The summed E-state index contributed by atoms with van der Waals surface area (Å²) in [5.74, 6) is -1.79. The molecule has 120 valence electrons. The van der Waals surface area contributed by atoms with E-state index >= 15 is 0 Å². The van der Waals surface area contributed by atoms with E-state index in [0.29, 0.717) is 0 Å². The summed E-state index contributed by atoms with van der Waals surface area (Å²) in [6.07, 6.45) is 0.752. The second-order valence-electron chi connectivity index (χ2n) is 6.00. The number of hydrogen-bond donors (Lipinski definition) is 0. The van der Waals surface area contributed by atoms with Gasteiger partial charge in [0.15, 0.2) is 0 Å². The first-order chi connectivity index (χ1) is 9.96. The largest absolute Gasteiger partial charge is 0.525 e. The Morgan fingerprint density at radius 1 is 1.05 bits per heavy atom. The summed E-state index contributed by atoms with van der Waals surface area (Å²) in [6.45, 7) is 7.04. The third-order valence-electron chi connectivity index (χ3n) is 3.91. The van der Waals surface area contributed by atoms with E-state index in [2.05, 4.69) is 31.9 Å². The molecule has 0 unspecified atom stereocenters. The van der Waals surface area contributed by atoms with E-state index in [-0.39, 0.29) is 8.95 Å². The molecule has 0 N–H and O–H groups in total. The van der Waals surface area contributed by atoms with Gasteiger partial charge in [0.05, 0.1) is 25.7 Å². The average molecular weight is 442 g/mol. The minimum absolute atomic E-state index is 0.0220. The normalized spacial score (nSPS) is 20.6. The van der Waals surface area contributed by atoms with E-state index in [1.165, 1.54) is 6.07 Å². The van der Waals surface area contributed by atoms with Crippen molar-refractivity contribution in [1.29, 1.82) is 0 Å². The summed E-state index contributed by atoms with van der Waals surface area (Å²) in [5, 5.41) is 0. The fourth-order valence-electron chi connectivity index (χ4n) is 1.88. The lowest BCUT2D eigenvalue weighted by atomic mass is 9.86. The summed E-state index contributed by atoms with van der Waals surface area (Å²) in [5.41, 5.74) is -2.88. The van der Waals surface area contributed by atoms with Crippen molar-refractivity contribution in [2.24, 2.45) is 0 Å². The molecule has 1 fully saturated rings. The number of halogens is 5. The van der Waals surface area contributed by atoms with Crippen LogP contribution in [0.25, 0.3) is 6.08 Å². The maximum atomic E-state index is 14.4. The molecule has 0 saturated carbocycles. The number of rotatable bonds is 2. The van der Waals surface area contributed by atoms with Gasteiger partial charge >= 0.3 is 7.12 Å². The van der Waals surface area contributed by atoms with Crippen LogP contribution in [-0.4, -0.2) is 18.3 Å². The fraction of sp³-hybridized carbons (Fsp3) is 0.429. The molecule has 0 bridgehead atoms. The zero-order valence-corrected chi connectivity index (χ0v) is 15.6. The highest BCUT2D eigenvalue weighted by molar-refractivity contribution is 9.11. The van der Waals surface area contributed by atoms with Gasteiger partial charge in [-0.2, -0.15) is 0 Å². The topological polar surface area (TPSA) is 18.5 Å². The SMILES string of the molecule is CC1(C)OB(C(F)=Cc2c(F)c(Br)cc(Br)c2F)OC1(C)C. The molecule has 0 aromatic heterocycles. The third kappa shape index (κ3) is 3.16. The molecule has 2 nitrogen and oxygen atoms in total. The Hall–Kier alpha value is -0.305. The Balaban J connectivity index is 2.40. The Morgan fingerprint density at radius 3 is 1.86 bits per heavy atom. The molecule has 0 aliphatic carbocycles. The van der Waals surface area contributed by atoms with Gasteiger partial charge in [0.1, 0.15) is 17.4 Å². The van der Waals surface area contributed by atoms with Crippen molar-refractivity contribution < 1.29 is 22.5 Å². The Bertz CT molecular complexity index is 605. The summed E-state index contributed by atoms with van der Waals surface area (Å²) in [7, 11) is -1.30. The van der Waals surface area contributed by atoms with Crippen LogP contribution in [-0.2, 0) is 9.31 Å². The molecule has 1 aliphatic heterocycles. The minimum atomic E-state index is -1.30. The predicted molar refractivity (Wildman–Crippen MR) is 86.9 cm³/mol. The highest BCUT2D eigenvalue weighted by Gasteiger charge is 2.53. The van der Waals surface area contributed by atoms with Crippen molar-refractivity contribution in [2.75, 3.05) is 0 Å². The second-order valence-corrected chi connectivity index (χ2v) is 7.71. The Labute approximate surface area is 144 Å². The Morgan fingerprint density at radius 2 is 1.45 bits per heavy atom. The maximum absolute atomic E-state index is 14.4. The van der Waals surface area contributed by atoms with Crippen LogP contribution in [0.4, 0.5) is 13.2 Å². The lowest BCUT2D eigenvalue weighted by Crippen LogP contribution is -2.41. The standard InChI is InChI=1S/C14H14BBr2F3O2/c1-13(2)14(3,4)22-15(21-13)10(18)5-7-11(19)8(16)6-9(17)12(7)20/h5-6H,1-4H3. The molecule has 0 spiro atoms. The number of hydrogen-bond acceptors (Lipinski definition) is 2. The first-order valence-corrected chi connectivity index (χ1v) is 8.10. The predicted octanol–water partition coefficient (Wildman–Crippen LogP) is 5.43. The van der Waals surface area contributed by atoms with E-state index in [9.17, 15) is 13.2 Å². The van der Waals surface area contributed by atoms with E-state index in [1.54, 1.807) is 27.7 Å². The number of benzene rings is 1. The molecule has 22 heavy (non-hydrogen) atoms. The average Bonchev–Trinajstić information content (AvgIpc) is 2.61. The summed E-state index contributed by atoms with van der Waals surface area (Å²) in [4.78, 5) is 0. The van der Waals surface area contributed by atoms with Crippen molar-refractivity contribution in [3.63, 3.8) is 0 Å².